The van der Waals surface area contributed by atoms with Gasteiger partial charge < -0.3 is 14.9 Å². The second-order valence-electron chi connectivity index (χ2n) is 6.57. The molecule has 32 heavy (non-hydrogen) atoms. The summed E-state index contributed by atoms with van der Waals surface area (Å²) in [6.45, 7) is 0. The molecule has 14 heteroatoms. The van der Waals surface area contributed by atoms with Gasteiger partial charge in [-0.2, -0.15) is 8.97 Å². The SMILES string of the molecule is CS(=O)(=O)N(c1ccc2onc(C(=O)Nc3ccc(C#N)cc3C(=O)O)c2c1)S(C)(=O)=O. The van der Waals surface area contributed by atoms with Crippen LogP contribution in [-0.2, 0) is 20.0 Å². The number of anilines is 2. The summed E-state index contributed by atoms with van der Waals surface area (Å²) in [5.74, 6) is -2.29. The topological polar surface area (TPSA) is 188 Å². The van der Waals surface area contributed by atoms with E-state index in [1.807, 2.05) is 0 Å². The zero-order valence-electron chi connectivity index (χ0n) is 16.4. The molecule has 0 spiro atoms. The Kier molecular flexibility index (Phi) is 5.64. The van der Waals surface area contributed by atoms with Gasteiger partial charge >= 0.3 is 5.97 Å². The summed E-state index contributed by atoms with van der Waals surface area (Å²) in [5.41, 5.74) is -0.958. The molecule has 0 radical (unpaired) electrons. The largest absolute Gasteiger partial charge is 0.478 e. The average Bonchev–Trinajstić information content (AvgIpc) is 3.09. The second kappa shape index (κ2) is 7.94. The number of sulfonamides is 2. The summed E-state index contributed by atoms with van der Waals surface area (Å²) in [5, 5.41) is 24.2. The number of fused-ring (bicyclic) bond motifs is 1. The lowest BCUT2D eigenvalue weighted by Crippen LogP contribution is -2.35. The van der Waals surface area contributed by atoms with Crippen molar-refractivity contribution in [2.24, 2.45) is 0 Å². The van der Waals surface area contributed by atoms with Gasteiger partial charge in [0, 0.05) is 0 Å². The van der Waals surface area contributed by atoms with Crippen LogP contribution in [-0.4, -0.2) is 51.5 Å². The highest BCUT2D eigenvalue weighted by Crippen LogP contribution is 2.29. The molecular weight excluding hydrogens is 464 g/mol. The predicted octanol–water partition coefficient (Wildman–Crippen LogP) is 1.38. The molecule has 0 saturated heterocycles. The van der Waals surface area contributed by atoms with Crippen molar-refractivity contribution in [3.05, 3.63) is 53.2 Å². The third kappa shape index (κ3) is 4.38. The van der Waals surface area contributed by atoms with Gasteiger partial charge in [-0.25, -0.2) is 21.6 Å². The standard InChI is InChI=1S/C18H14N4O8S2/c1-31(26,27)22(32(2,28)29)11-4-6-15-13(8-11)16(21-30-15)17(23)20-14-5-3-10(9-19)7-12(14)18(24)25/h3-8H,1-2H3,(H,20,23)(H,24,25). The Bertz CT molecular complexity index is 1490. The zero-order valence-corrected chi connectivity index (χ0v) is 18.1. The molecule has 0 aliphatic carbocycles. The van der Waals surface area contributed by atoms with Crippen LogP contribution in [0.1, 0.15) is 26.4 Å². The molecule has 1 amide bonds. The lowest BCUT2D eigenvalue weighted by molar-refractivity contribution is 0.0698. The van der Waals surface area contributed by atoms with Gasteiger partial charge in [0.05, 0.1) is 46.5 Å². The van der Waals surface area contributed by atoms with E-state index < -0.39 is 31.9 Å². The number of aromatic carboxylic acids is 1. The van der Waals surface area contributed by atoms with Crippen LogP contribution < -0.4 is 9.03 Å². The average molecular weight is 478 g/mol. The molecule has 0 unspecified atom stereocenters. The predicted molar refractivity (Wildman–Crippen MR) is 112 cm³/mol. The number of nitriles is 1. The molecule has 0 saturated carbocycles. The number of hydrogen-bond acceptors (Lipinski definition) is 9. The Labute approximate surface area is 181 Å². The highest BCUT2D eigenvalue weighted by Gasteiger charge is 2.29. The molecule has 0 aliphatic heterocycles. The molecule has 0 bridgehead atoms. The van der Waals surface area contributed by atoms with Crippen molar-refractivity contribution >= 4 is 54.3 Å². The molecule has 1 heterocycles. The van der Waals surface area contributed by atoms with E-state index in [0.717, 1.165) is 12.1 Å². The van der Waals surface area contributed by atoms with Crippen molar-refractivity contribution in [2.45, 2.75) is 0 Å². The van der Waals surface area contributed by atoms with Crippen molar-refractivity contribution in [3.63, 3.8) is 0 Å². The fourth-order valence-corrected chi connectivity index (χ4v) is 5.87. The van der Waals surface area contributed by atoms with E-state index >= 15 is 0 Å². The highest BCUT2D eigenvalue weighted by molar-refractivity contribution is 8.09. The van der Waals surface area contributed by atoms with E-state index in [2.05, 4.69) is 10.5 Å². The van der Waals surface area contributed by atoms with E-state index in [0.29, 0.717) is 12.5 Å². The van der Waals surface area contributed by atoms with E-state index in [-0.39, 0.29) is 42.9 Å². The van der Waals surface area contributed by atoms with Crippen LogP contribution in [0.15, 0.2) is 40.9 Å². The number of carbonyl (C=O) groups is 2. The molecular formula is C18H14N4O8S2. The number of carboxylic acids is 1. The van der Waals surface area contributed by atoms with Crippen molar-refractivity contribution in [1.29, 1.82) is 5.26 Å². The number of carboxylic acid groups (broad SMARTS) is 1. The molecule has 3 rings (SSSR count). The van der Waals surface area contributed by atoms with Gasteiger partial charge in [-0.1, -0.05) is 5.16 Å². The van der Waals surface area contributed by atoms with E-state index in [1.165, 1.54) is 24.3 Å². The summed E-state index contributed by atoms with van der Waals surface area (Å²) >= 11 is 0. The van der Waals surface area contributed by atoms with Crippen LogP contribution in [0.5, 0.6) is 0 Å². The summed E-state index contributed by atoms with van der Waals surface area (Å²) in [6.07, 6.45) is 1.41. The Morgan fingerprint density at radius 2 is 1.75 bits per heavy atom. The van der Waals surface area contributed by atoms with Crippen LogP contribution in [0.3, 0.4) is 0 Å². The highest BCUT2D eigenvalue weighted by atomic mass is 32.3. The minimum atomic E-state index is -4.23. The van der Waals surface area contributed by atoms with Gasteiger partial charge in [-0.3, -0.25) is 4.79 Å². The summed E-state index contributed by atoms with van der Waals surface area (Å²) in [6, 6.07) is 8.90. The van der Waals surface area contributed by atoms with Crippen molar-refractivity contribution in [3.8, 4) is 6.07 Å². The monoisotopic (exact) mass is 478 g/mol. The van der Waals surface area contributed by atoms with Crippen LogP contribution in [0, 0.1) is 11.3 Å². The molecule has 1 aromatic heterocycles. The van der Waals surface area contributed by atoms with Crippen molar-refractivity contribution < 1.29 is 36.1 Å². The first-order valence-corrected chi connectivity index (χ1v) is 12.2. The van der Waals surface area contributed by atoms with E-state index in [9.17, 15) is 31.5 Å². The van der Waals surface area contributed by atoms with Gasteiger partial charge in [-0.05, 0) is 36.4 Å². The number of nitrogens with zero attached hydrogens (tertiary/aromatic N) is 3. The summed E-state index contributed by atoms with van der Waals surface area (Å²) < 4.78 is 53.3. The van der Waals surface area contributed by atoms with Crippen molar-refractivity contribution in [2.75, 3.05) is 21.5 Å². The maximum absolute atomic E-state index is 12.8. The molecule has 2 aromatic carbocycles. The number of carbonyl (C=O) groups excluding carboxylic acids is 1. The maximum atomic E-state index is 12.8. The Morgan fingerprint density at radius 1 is 1.09 bits per heavy atom. The van der Waals surface area contributed by atoms with Crippen LogP contribution in [0.25, 0.3) is 11.0 Å². The maximum Gasteiger partial charge on any atom is 0.337 e. The molecule has 0 aliphatic rings. The molecule has 0 atom stereocenters. The number of rotatable bonds is 6. The first-order valence-electron chi connectivity index (χ1n) is 8.51. The lowest BCUT2D eigenvalue weighted by Gasteiger charge is -2.19. The third-order valence-electron chi connectivity index (χ3n) is 4.11. The number of benzene rings is 2. The third-order valence-corrected chi connectivity index (χ3v) is 7.36. The molecule has 3 aromatic rings. The van der Waals surface area contributed by atoms with Gasteiger partial charge in [0.1, 0.15) is 0 Å². The van der Waals surface area contributed by atoms with Crippen LogP contribution in [0.4, 0.5) is 11.4 Å². The van der Waals surface area contributed by atoms with Gasteiger partial charge in [0.2, 0.25) is 20.0 Å². The van der Waals surface area contributed by atoms with E-state index in [1.54, 1.807) is 6.07 Å². The minimum absolute atomic E-state index is 0.0113. The lowest BCUT2D eigenvalue weighted by atomic mass is 10.1. The molecule has 166 valence electrons. The van der Waals surface area contributed by atoms with Crippen LogP contribution >= 0.6 is 0 Å². The van der Waals surface area contributed by atoms with Gasteiger partial charge in [0.15, 0.2) is 11.3 Å². The molecule has 2 N–H and O–H groups in total. The van der Waals surface area contributed by atoms with E-state index in [4.69, 9.17) is 9.78 Å². The summed E-state index contributed by atoms with van der Waals surface area (Å²) in [4.78, 5) is 24.2. The molecule has 12 nitrogen and oxygen atoms in total. The fourth-order valence-electron chi connectivity index (χ4n) is 2.91. The Balaban J connectivity index is 2.08. The molecule has 0 fully saturated rings. The first-order chi connectivity index (χ1) is 14.8. The number of hydrogen-bond donors (Lipinski definition) is 2. The minimum Gasteiger partial charge on any atom is -0.478 e. The summed E-state index contributed by atoms with van der Waals surface area (Å²) in [7, 11) is -8.46. The first kappa shape index (κ1) is 22.7. The Hall–Kier alpha value is -3.96. The quantitative estimate of drug-likeness (QED) is 0.523. The number of aromatic nitrogens is 1. The van der Waals surface area contributed by atoms with Gasteiger partial charge in [-0.15, -0.1) is 0 Å². The fraction of sp³-hybridized carbons (Fsp3) is 0.111. The van der Waals surface area contributed by atoms with Crippen molar-refractivity contribution in [1.82, 2.24) is 5.16 Å². The number of nitrogens with one attached hydrogen (secondary N) is 1. The number of amides is 1. The normalized spacial score (nSPS) is 11.7. The Morgan fingerprint density at radius 3 is 2.31 bits per heavy atom. The zero-order chi connectivity index (χ0) is 23.8. The van der Waals surface area contributed by atoms with Gasteiger partial charge in [0.25, 0.3) is 5.91 Å². The second-order valence-corrected chi connectivity index (χ2v) is 10.5. The van der Waals surface area contributed by atoms with Crippen LogP contribution in [0.2, 0.25) is 0 Å². The smallest absolute Gasteiger partial charge is 0.337 e.